The van der Waals surface area contributed by atoms with Crippen molar-refractivity contribution < 1.29 is 17.9 Å². The van der Waals surface area contributed by atoms with Crippen molar-refractivity contribution in [2.45, 2.75) is 33.2 Å². The van der Waals surface area contributed by atoms with Crippen molar-refractivity contribution in [3.63, 3.8) is 0 Å². The number of hydrogen-bond donors (Lipinski definition) is 1. The Morgan fingerprint density at radius 3 is 2.50 bits per heavy atom. The van der Waals surface area contributed by atoms with E-state index in [0.29, 0.717) is 16.9 Å². The SMILES string of the molecule is COc1cncc(-c2ccc(F)c([C@](C)(CS(=O)[O-])N=C(N)C(C)(C)C)c2)c1. The third-order valence-corrected chi connectivity index (χ3v) is 5.16. The van der Waals surface area contributed by atoms with E-state index < -0.39 is 33.6 Å². The van der Waals surface area contributed by atoms with Crippen LogP contribution in [0.25, 0.3) is 11.1 Å². The largest absolute Gasteiger partial charge is 0.772 e. The molecule has 1 aromatic carbocycles. The molecule has 8 heteroatoms. The summed E-state index contributed by atoms with van der Waals surface area (Å²) in [6.45, 7) is 7.13. The van der Waals surface area contributed by atoms with Crippen LogP contribution in [0.2, 0.25) is 0 Å². The fourth-order valence-corrected chi connectivity index (χ4v) is 3.32. The second-order valence-electron chi connectivity index (χ2n) is 7.78. The summed E-state index contributed by atoms with van der Waals surface area (Å²) in [5, 5.41) is 0. The number of amidine groups is 1. The number of nitrogens with zero attached hydrogens (tertiary/aromatic N) is 2. The number of nitrogens with two attached hydrogens (primary N) is 1. The van der Waals surface area contributed by atoms with Gasteiger partial charge in [0.1, 0.15) is 17.4 Å². The number of pyridine rings is 1. The number of halogens is 1. The lowest BCUT2D eigenvalue weighted by atomic mass is 9.89. The molecule has 0 aliphatic carbocycles. The van der Waals surface area contributed by atoms with Crippen molar-refractivity contribution in [3.05, 3.63) is 48.0 Å². The quantitative estimate of drug-likeness (QED) is 0.450. The van der Waals surface area contributed by atoms with Crippen LogP contribution in [0.4, 0.5) is 4.39 Å². The predicted molar refractivity (Wildman–Crippen MR) is 108 cm³/mol. The molecule has 1 heterocycles. The zero-order valence-corrected chi connectivity index (χ0v) is 17.5. The molecule has 0 bridgehead atoms. The molecule has 2 rings (SSSR count). The smallest absolute Gasteiger partial charge is 0.137 e. The summed E-state index contributed by atoms with van der Waals surface area (Å²) in [7, 11) is 1.53. The number of benzene rings is 1. The number of rotatable bonds is 6. The van der Waals surface area contributed by atoms with E-state index in [9.17, 15) is 13.2 Å². The molecule has 0 fully saturated rings. The summed E-state index contributed by atoms with van der Waals surface area (Å²) in [5.41, 5.74) is 5.73. The van der Waals surface area contributed by atoms with Crippen LogP contribution < -0.4 is 10.5 Å². The van der Waals surface area contributed by atoms with Gasteiger partial charge in [0.05, 0.1) is 18.8 Å². The first-order valence-electron chi connectivity index (χ1n) is 8.67. The van der Waals surface area contributed by atoms with Crippen LogP contribution in [-0.2, 0) is 16.6 Å². The van der Waals surface area contributed by atoms with Gasteiger partial charge in [0.25, 0.3) is 0 Å². The van der Waals surface area contributed by atoms with Gasteiger partial charge in [-0.3, -0.25) is 14.2 Å². The number of ether oxygens (including phenoxy) is 1. The van der Waals surface area contributed by atoms with E-state index in [-0.39, 0.29) is 11.4 Å². The Balaban J connectivity index is 2.64. The van der Waals surface area contributed by atoms with Crippen LogP contribution in [0, 0.1) is 11.2 Å². The predicted octanol–water partition coefficient (Wildman–Crippen LogP) is 3.39. The molecule has 152 valence electrons. The maximum atomic E-state index is 14.8. The van der Waals surface area contributed by atoms with Crippen LogP contribution in [0.5, 0.6) is 5.75 Å². The van der Waals surface area contributed by atoms with Crippen LogP contribution in [0.1, 0.15) is 33.3 Å². The van der Waals surface area contributed by atoms with E-state index in [4.69, 9.17) is 10.5 Å². The Bertz CT molecular complexity index is 912. The molecule has 0 saturated heterocycles. The maximum Gasteiger partial charge on any atom is 0.137 e. The minimum atomic E-state index is -2.45. The first-order valence-corrected chi connectivity index (χ1v) is 9.92. The van der Waals surface area contributed by atoms with Crippen molar-refractivity contribution in [2.75, 3.05) is 12.9 Å². The molecule has 0 amide bonds. The Labute approximate surface area is 167 Å². The second kappa shape index (κ2) is 8.36. The lowest BCUT2D eigenvalue weighted by Crippen LogP contribution is -2.36. The summed E-state index contributed by atoms with van der Waals surface area (Å²) >= 11 is -2.45. The van der Waals surface area contributed by atoms with Gasteiger partial charge in [-0.2, -0.15) is 0 Å². The molecule has 1 aromatic heterocycles. The van der Waals surface area contributed by atoms with E-state index in [1.807, 2.05) is 20.8 Å². The van der Waals surface area contributed by atoms with Crippen LogP contribution in [-0.4, -0.2) is 32.4 Å². The zero-order chi connectivity index (χ0) is 21.1. The third-order valence-electron chi connectivity index (χ3n) is 4.36. The van der Waals surface area contributed by atoms with Gasteiger partial charge < -0.3 is 15.0 Å². The Morgan fingerprint density at radius 1 is 1.25 bits per heavy atom. The zero-order valence-electron chi connectivity index (χ0n) is 16.7. The number of aliphatic imine (C=N–C) groups is 1. The monoisotopic (exact) mass is 406 g/mol. The van der Waals surface area contributed by atoms with E-state index in [0.717, 1.165) is 0 Å². The topological polar surface area (TPSA) is 101 Å². The average Bonchev–Trinajstić information content (AvgIpc) is 2.60. The molecule has 0 aliphatic rings. The minimum absolute atomic E-state index is 0.143. The van der Waals surface area contributed by atoms with Crippen molar-refractivity contribution in [1.29, 1.82) is 0 Å². The molecule has 0 spiro atoms. The van der Waals surface area contributed by atoms with Gasteiger partial charge >= 0.3 is 0 Å². The highest BCUT2D eigenvalue weighted by Crippen LogP contribution is 2.34. The molecular formula is C20H25FN3O3S-. The standard InChI is InChI=1S/C20H26FN3O3S/c1-19(2,3)18(22)24-20(4,12-28(25)26)16-9-13(6-7-17(16)21)14-8-15(27-5)11-23-10-14/h6-11H,12H2,1-5H3,(H2,22,24)(H,25,26)/p-1/t20-/m0/s1. The fourth-order valence-electron chi connectivity index (χ4n) is 2.64. The summed E-state index contributed by atoms with van der Waals surface area (Å²) in [6.07, 6.45) is 3.18. The minimum Gasteiger partial charge on any atom is -0.772 e. The normalized spacial score (nSPS) is 15.8. The van der Waals surface area contributed by atoms with Gasteiger partial charge in [-0.05, 0) is 30.7 Å². The number of methoxy groups -OCH3 is 1. The lowest BCUT2D eigenvalue weighted by molar-refractivity contribution is 0.413. The van der Waals surface area contributed by atoms with Crippen LogP contribution in [0.15, 0.2) is 41.7 Å². The highest BCUT2D eigenvalue weighted by Gasteiger charge is 2.32. The third kappa shape index (κ3) is 5.14. The van der Waals surface area contributed by atoms with Crippen molar-refractivity contribution in [1.82, 2.24) is 4.98 Å². The van der Waals surface area contributed by atoms with Crippen molar-refractivity contribution in [3.8, 4) is 16.9 Å². The molecular weight excluding hydrogens is 381 g/mol. The van der Waals surface area contributed by atoms with Gasteiger partial charge in [-0.15, -0.1) is 0 Å². The fraction of sp³-hybridized carbons (Fsp3) is 0.400. The molecule has 0 aliphatic heterocycles. The highest BCUT2D eigenvalue weighted by molar-refractivity contribution is 7.79. The van der Waals surface area contributed by atoms with Gasteiger partial charge in [0.2, 0.25) is 0 Å². The Hall–Kier alpha value is -2.32. The van der Waals surface area contributed by atoms with E-state index in [1.165, 1.54) is 13.2 Å². The average molecular weight is 407 g/mol. The Kier molecular flexibility index (Phi) is 6.56. The second-order valence-corrected chi connectivity index (χ2v) is 8.67. The van der Waals surface area contributed by atoms with Crippen LogP contribution in [0.3, 0.4) is 0 Å². The molecule has 1 unspecified atom stereocenters. The molecule has 2 aromatic rings. The van der Waals surface area contributed by atoms with Crippen molar-refractivity contribution >= 4 is 16.9 Å². The number of hydrogen-bond acceptors (Lipinski definition) is 5. The first kappa shape index (κ1) is 22.0. The summed E-state index contributed by atoms with van der Waals surface area (Å²) in [6, 6.07) is 6.23. The molecule has 0 radical (unpaired) electrons. The summed E-state index contributed by atoms with van der Waals surface area (Å²) in [4.78, 5) is 8.55. The summed E-state index contributed by atoms with van der Waals surface area (Å²) < 4.78 is 43.0. The highest BCUT2D eigenvalue weighted by atomic mass is 32.2. The van der Waals surface area contributed by atoms with E-state index >= 15 is 0 Å². The van der Waals surface area contributed by atoms with E-state index in [2.05, 4.69) is 9.98 Å². The lowest BCUT2D eigenvalue weighted by Gasteiger charge is -2.31. The molecule has 2 atom stereocenters. The van der Waals surface area contributed by atoms with Gasteiger partial charge in [0, 0.05) is 28.5 Å². The van der Waals surface area contributed by atoms with E-state index in [1.54, 1.807) is 37.5 Å². The van der Waals surface area contributed by atoms with Gasteiger partial charge in [-0.25, -0.2) is 4.39 Å². The molecule has 2 N–H and O–H groups in total. The molecule has 28 heavy (non-hydrogen) atoms. The van der Waals surface area contributed by atoms with Crippen molar-refractivity contribution in [2.24, 2.45) is 16.1 Å². The number of aromatic nitrogens is 1. The molecule has 0 saturated carbocycles. The first-order chi connectivity index (χ1) is 13.0. The van der Waals surface area contributed by atoms with Gasteiger partial charge in [-0.1, -0.05) is 37.9 Å². The maximum absolute atomic E-state index is 14.8. The van der Waals surface area contributed by atoms with Gasteiger partial charge in [0.15, 0.2) is 0 Å². The van der Waals surface area contributed by atoms with Crippen LogP contribution >= 0.6 is 0 Å². The Morgan fingerprint density at radius 2 is 1.93 bits per heavy atom. The molecule has 6 nitrogen and oxygen atoms in total. The summed E-state index contributed by atoms with van der Waals surface area (Å²) in [5.74, 6) is -0.159.